The van der Waals surface area contributed by atoms with Gasteiger partial charge in [0, 0.05) is 11.2 Å². The van der Waals surface area contributed by atoms with Crippen molar-refractivity contribution in [3.05, 3.63) is 59.2 Å². The topological polar surface area (TPSA) is 47.6 Å². The van der Waals surface area contributed by atoms with Crippen LogP contribution in [0, 0.1) is 0 Å². The fraction of sp³-hybridized carbons (Fsp3) is 0.263. The first kappa shape index (κ1) is 20.8. The Bertz CT molecular complexity index is 805. The average molecular weight is 399 g/mol. The van der Waals surface area contributed by atoms with Crippen LogP contribution in [0.15, 0.2) is 42.5 Å². The van der Waals surface area contributed by atoms with Crippen LogP contribution in [0.1, 0.15) is 28.4 Å². The van der Waals surface area contributed by atoms with E-state index in [2.05, 4.69) is 5.32 Å². The van der Waals surface area contributed by atoms with Gasteiger partial charge in [0.05, 0.1) is 25.0 Å². The van der Waals surface area contributed by atoms with E-state index in [1.165, 1.54) is 19.2 Å². The molecule has 0 radical (unpaired) electrons. The van der Waals surface area contributed by atoms with Crippen LogP contribution in [0.4, 0.5) is 18.9 Å². The number of alkyl halides is 3. The number of hydrogen-bond acceptors (Lipinski definition) is 3. The maximum absolute atomic E-state index is 12.6. The summed E-state index contributed by atoms with van der Waals surface area (Å²) in [7, 11) is 1.47. The monoisotopic (exact) mass is 399 g/mol. The van der Waals surface area contributed by atoms with Crippen LogP contribution in [0.5, 0.6) is 5.75 Å². The first-order valence-corrected chi connectivity index (χ1v) is 9.26. The van der Waals surface area contributed by atoms with E-state index in [1.807, 2.05) is 0 Å². The molecule has 27 heavy (non-hydrogen) atoms. The summed E-state index contributed by atoms with van der Waals surface area (Å²) in [6.45, 7) is 1.96. The number of halogens is 3. The molecule has 2 aromatic carbocycles. The molecule has 0 amide bonds. The summed E-state index contributed by atoms with van der Waals surface area (Å²) in [4.78, 5) is 12.2. The summed E-state index contributed by atoms with van der Waals surface area (Å²) in [5.74, 6) is 0.431. The quantitative estimate of drug-likeness (QED) is 0.402. The number of ether oxygens (including phenoxy) is 2. The van der Waals surface area contributed by atoms with E-state index in [4.69, 9.17) is 9.47 Å². The van der Waals surface area contributed by atoms with Crippen LogP contribution < -0.4 is 10.1 Å². The van der Waals surface area contributed by atoms with Crippen molar-refractivity contribution in [3.8, 4) is 5.75 Å². The highest BCUT2D eigenvalue weighted by molar-refractivity contribution is 7.96. The van der Waals surface area contributed by atoms with Crippen molar-refractivity contribution in [1.29, 1.82) is 0 Å². The zero-order valence-corrected chi connectivity index (χ0v) is 15.7. The van der Waals surface area contributed by atoms with Gasteiger partial charge in [-0.1, -0.05) is 18.2 Å². The molecule has 0 aliphatic carbocycles. The van der Waals surface area contributed by atoms with E-state index in [-0.39, 0.29) is 6.61 Å². The SMILES string of the molecule is CCOC(=O)c1c(NC=[SH]Cc2ccc(C(F)(F)F)cc2)cccc1OC. The minimum atomic E-state index is -4.33. The van der Waals surface area contributed by atoms with Gasteiger partial charge >= 0.3 is 12.1 Å². The Hall–Kier alpha value is -2.48. The summed E-state index contributed by atoms with van der Waals surface area (Å²) in [5, 5.41) is 3.04. The van der Waals surface area contributed by atoms with Gasteiger partial charge in [0.25, 0.3) is 0 Å². The molecule has 0 spiro atoms. The van der Waals surface area contributed by atoms with Crippen LogP contribution in [0.2, 0.25) is 0 Å². The van der Waals surface area contributed by atoms with E-state index < -0.39 is 17.7 Å². The van der Waals surface area contributed by atoms with E-state index in [0.29, 0.717) is 22.8 Å². The zero-order chi connectivity index (χ0) is 19.9. The van der Waals surface area contributed by atoms with Crippen LogP contribution in [0.3, 0.4) is 0 Å². The van der Waals surface area contributed by atoms with Crippen molar-refractivity contribution < 1.29 is 27.4 Å². The minimum absolute atomic E-state index is 0.242. The second-order valence-corrected chi connectivity index (χ2v) is 6.35. The smallest absolute Gasteiger partial charge is 0.416 e. The first-order valence-electron chi connectivity index (χ1n) is 8.12. The Kier molecular flexibility index (Phi) is 7.29. The van der Waals surface area contributed by atoms with Crippen LogP contribution in [-0.4, -0.2) is 25.2 Å². The molecule has 0 atom stereocenters. The molecule has 0 fully saturated rings. The highest BCUT2D eigenvalue weighted by Crippen LogP contribution is 2.29. The van der Waals surface area contributed by atoms with Crippen LogP contribution in [0.25, 0.3) is 0 Å². The lowest BCUT2D eigenvalue weighted by Crippen LogP contribution is -2.10. The molecule has 0 aliphatic heterocycles. The van der Waals surface area contributed by atoms with Gasteiger partial charge in [0.2, 0.25) is 0 Å². The number of carbonyl (C=O) groups is 1. The normalized spacial score (nSPS) is 11.7. The second-order valence-electron chi connectivity index (χ2n) is 5.41. The number of rotatable bonds is 7. The van der Waals surface area contributed by atoms with Crippen LogP contribution >= 0.6 is 11.4 Å². The molecule has 0 saturated carbocycles. The molecule has 0 aliphatic rings. The summed E-state index contributed by atoms with van der Waals surface area (Å²) in [6.07, 6.45) is -4.33. The lowest BCUT2D eigenvalue weighted by atomic mass is 10.1. The average Bonchev–Trinajstić information content (AvgIpc) is 2.64. The summed E-state index contributed by atoms with van der Waals surface area (Å²) in [5.41, 5.74) is 2.66. The van der Waals surface area contributed by atoms with Gasteiger partial charge in [0.1, 0.15) is 11.3 Å². The van der Waals surface area contributed by atoms with Gasteiger partial charge in [-0.15, -0.1) is 0 Å². The molecule has 4 nitrogen and oxygen atoms in total. The fourth-order valence-corrected chi connectivity index (χ4v) is 3.04. The minimum Gasteiger partial charge on any atom is -0.496 e. The highest BCUT2D eigenvalue weighted by atomic mass is 32.1. The molecule has 146 valence electrons. The molecule has 8 heteroatoms. The molecule has 1 N–H and O–H groups in total. The lowest BCUT2D eigenvalue weighted by Gasteiger charge is -2.12. The van der Waals surface area contributed by atoms with Gasteiger partial charge in [-0.3, -0.25) is 0 Å². The van der Waals surface area contributed by atoms with Gasteiger partial charge in [-0.05, 0) is 36.8 Å². The van der Waals surface area contributed by atoms with Crippen molar-refractivity contribution in [2.24, 2.45) is 0 Å². The third-order valence-corrected chi connectivity index (χ3v) is 4.45. The number of anilines is 1. The number of benzene rings is 2. The predicted octanol–water partition coefficient (Wildman–Crippen LogP) is 4.73. The Morgan fingerprint density at radius 3 is 2.48 bits per heavy atom. The van der Waals surface area contributed by atoms with Crippen molar-refractivity contribution in [3.63, 3.8) is 0 Å². The number of methoxy groups -OCH3 is 1. The standard InChI is InChI=1S/C19H20F3NO3S/c1-3-26-18(24)17-15(5-4-6-16(17)25-2)23-12-27-11-13-7-9-14(10-8-13)19(20,21)22/h4-10,12,23,27H,3,11H2,1-2H3. The number of nitrogens with one attached hydrogen (secondary N) is 1. The maximum Gasteiger partial charge on any atom is 0.416 e. The molecule has 0 aromatic heterocycles. The van der Waals surface area contributed by atoms with E-state index in [0.717, 1.165) is 29.0 Å². The molecule has 2 aromatic rings. The molecular weight excluding hydrogens is 379 g/mol. The Labute approximate surface area is 159 Å². The number of hydrogen-bond donors (Lipinski definition) is 2. The van der Waals surface area contributed by atoms with Crippen molar-refractivity contribution in [2.45, 2.75) is 18.9 Å². The molecular formula is C19H20F3NO3S. The Morgan fingerprint density at radius 2 is 1.89 bits per heavy atom. The van der Waals surface area contributed by atoms with Gasteiger partial charge < -0.3 is 14.8 Å². The molecule has 0 bridgehead atoms. The zero-order valence-electron chi connectivity index (χ0n) is 14.8. The summed E-state index contributed by atoms with van der Waals surface area (Å²) >= 11 is 0.824. The van der Waals surface area contributed by atoms with Crippen LogP contribution in [-0.2, 0) is 16.7 Å². The molecule has 0 saturated heterocycles. The Balaban J connectivity index is 2.07. The Morgan fingerprint density at radius 1 is 1.19 bits per heavy atom. The predicted molar refractivity (Wildman–Crippen MR) is 103 cm³/mol. The first-order chi connectivity index (χ1) is 12.9. The van der Waals surface area contributed by atoms with Gasteiger partial charge in [0.15, 0.2) is 0 Å². The number of carbonyl (C=O) groups excluding carboxylic acids is 1. The second kappa shape index (κ2) is 9.45. The molecule has 0 heterocycles. The van der Waals surface area contributed by atoms with E-state index >= 15 is 0 Å². The summed E-state index contributed by atoms with van der Waals surface area (Å²) in [6, 6.07) is 10.2. The summed E-state index contributed by atoms with van der Waals surface area (Å²) < 4.78 is 48.0. The van der Waals surface area contributed by atoms with Gasteiger partial charge in [-0.2, -0.15) is 24.5 Å². The van der Waals surface area contributed by atoms with E-state index in [9.17, 15) is 18.0 Å². The van der Waals surface area contributed by atoms with Crippen molar-refractivity contribution in [2.75, 3.05) is 19.0 Å². The molecule has 2 rings (SSSR count). The maximum atomic E-state index is 12.6. The van der Waals surface area contributed by atoms with Crippen molar-refractivity contribution >= 4 is 28.5 Å². The highest BCUT2D eigenvalue weighted by Gasteiger charge is 2.29. The largest absolute Gasteiger partial charge is 0.496 e. The fourth-order valence-electron chi connectivity index (χ4n) is 2.30. The van der Waals surface area contributed by atoms with Gasteiger partial charge in [-0.25, -0.2) is 4.79 Å². The van der Waals surface area contributed by atoms with Crippen molar-refractivity contribution in [1.82, 2.24) is 0 Å². The van der Waals surface area contributed by atoms with E-state index in [1.54, 1.807) is 30.6 Å². The lowest BCUT2D eigenvalue weighted by molar-refractivity contribution is -0.137. The third-order valence-electron chi connectivity index (χ3n) is 3.59. The molecule has 0 unspecified atom stereocenters. The number of esters is 1. The number of thiol groups is 1. The third kappa shape index (κ3) is 5.75.